The lowest BCUT2D eigenvalue weighted by Gasteiger charge is -2.10. The molecule has 0 aliphatic rings. The van der Waals surface area contributed by atoms with Crippen LogP contribution in [0.25, 0.3) is 0 Å². The van der Waals surface area contributed by atoms with E-state index in [1.165, 1.54) is 6.21 Å². The van der Waals surface area contributed by atoms with Crippen LogP contribution in [0.4, 0.5) is 0 Å². The lowest BCUT2D eigenvalue weighted by Crippen LogP contribution is -2.18. The number of nitrogens with zero attached hydrogens (tertiary/aromatic N) is 1. The third-order valence-corrected chi connectivity index (χ3v) is 4.68. The Morgan fingerprint density at radius 2 is 1.79 bits per heavy atom. The first kappa shape index (κ1) is 19.9. The van der Waals surface area contributed by atoms with Gasteiger partial charge in [0, 0.05) is 16.1 Å². The van der Waals surface area contributed by atoms with Gasteiger partial charge >= 0.3 is 0 Å². The van der Waals surface area contributed by atoms with Crippen molar-refractivity contribution in [3.05, 3.63) is 99.0 Å². The summed E-state index contributed by atoms with van der Waals surface area (Å²) < 4.78 is 5.87. The lowest BCUT2D eigenvalue weighted by atomic mass is 10.1. The summed E-state index contributed by atoms with van der Waals surface area (Å²) in [5.41, 5.74) is 5.45. The van der Waals surface area contributed by atoms with Gasteiger partial charge in [-0.25, -0.2) is 5.43 Å². The van der Waals surface area contributed by atoms with Crippen LogP contribution in [0.2, 0.25) is 10.0 Å². The maximum Gasteiger partial charge on any atom is 0.272 e. The van der Waals surface area contributed by atoms with E-state index in [4.69, 9.17) is 27.9 Å². The molecule has 0 heterocycles. The van der Waals surface area contributed by atoms with Crippen molar-refractivity contribution in [2.75, 3.05) is 0 Å². The number of aryl methyl sites for hydroxylation is 1. The van der Waals surface area contributed by atoms with Gasteiger partial charge in [-0.05, 0) is 42.8 Å². The van der Waals surface area contributed by atoms with Crippen LogP contribution >= 0.6 is 23.2 Å². The van der Waals surface area contributed by atoms with E-state index in [0.29, 0.717) is 28.0 Å². The first-order valence-corrected chi connectivity index (χ1v) is 9.35. The third-order valence-electron chi connectivity index (χ3n) is 4.00. The first-order valence-electron chi connectivity index (χ1n) is 8.59. The fourth-order valence-corrected chi connectivity index (χ4v) is 3.03. The average Bonchev–Trinajstić information content (AvgIpc) is 2.68. The fraction of sp³-hybridized carbons (Fsp3) is 0.0909. The molecule has 0 radical (unpaired) electrons. The predicted molar refractivity (Wildman–Crippen MR) is 113 cm³/mol. The summed E-state index contributed by atoms with van der Waals surface area (Å²) in [5.74, 6) is 0.254. The van der Waals surface area contributed by atoms with E-state index in [-0.39, 0.29) is 5.91 Å². The van der Waals surface area contributed by atoms with Gasteiger partial charge in [0.1, 0.15) is 12.4 Å². The number of nitrogens with one attached hydrogen (secondary N) is 1. The van der Waals surface area contributed by atoms with Gasteiger partial charge in [0.2, 0.25) is 0 Å². The van der Waals surface area contributed by atoms with Gasteiger partial charge in [-0.2, -0.15) is 5.10 Å². The summed E-state index contributed by atoms with van der Waals surface area (Å²) in [5, 5.41) is 5.06. The van der Waals surface area contributed by atoms with Crippen molar-refractivity contribution in [3.8, 4) is 5.75 Å². The number of hydrogen-bond donors (Lipinski definition) is 1. The third kappa shape index (κ3) is 5.12. The minimum absolute atomic E-state index is 0.329. The van der Waals surface area contributed by atoms with Gasteiger partial charge in [-0.3, -0.25) is 4.79 Å². The second-order valence-corrected chi connectivity index (χ2v) is 6.91. The summed E-state index contributed by atoms with van der Waals surface area (Å²) >= 11 is 12.3. The van der Waals surface area contributed by atoms with Crippen molar-refractivity contribution in [2.24, 2.45) is 5.10 Å². The Bertz CT molecular complexity index is 1020. The molecule has 0 fully saturated rings. The minimum Gasteiger partial charge on any atom is -0.488 e. The standard InChI is InChI=1S/C22H18Cl2N2O2/c1-15-10-11-18(20(24)12-15)22(27)26-25-13-16-6-3-5-9-21(16)28-14-17-7-2-4-8-19(17)23/h2-13H,14H2,1H3,(H,26,27)/b25-13-. The molecule has 142 valence electrons. The number of amides is 1. The van der Waals surface area contributed by atoms with Crippen LogP contribution in [0.1, 0.15) is 27.0 Å². The molecule has 0 atom stereocenters. The largest absolute Gasteiger partial charge is 0.488 e. The number of hydrazone groups is 1. The van der Waals surface area contributed by atoms with Crippen LogP contribution in [-0.4, -0.2) is 12.1 Å². The zero-order valence-corrected chi connectivity index (χ0v) is 16.7. The molecular weight excluding hydrogens is 395 g/mol. The molecule has 0 aliphatic carbocycles. The molecule has 0 unspecified atom stereocenters. The lowest BCUT2D eigenvalue weighted by molar-refractivity contribution is 0.0955. The van der Waals surface area contributed by atoms with Crippen LogP contribution < -0.4 is 10.2 Å². The predicted octanol–water partition coefficient (Wildman–Crippen LogP) is 5.64. The number of carbonyl (C=O) groups excluding carboxylic acids is 1. The highest BCUT2D eigenvalue weighted by Gasteiger charge is 2.09. The molecule has 0 saturated heterocycles. The minimum atomic E-state index is -0.379. The Morgan fingerprint density at radius 1 is 1.04 bits per heavy atom. The van der Waals surface area contributed by atoms with Gasteiger partial charge in [0.25, 0.3) is 5.91 Å². The number of carbonyl (C=O) groups is 1. The molecule has 1 N–H and O–H groups in total. The molecule has 3 aromatic carbocycles. The zero-order chi connectivity index (χ0) is 19.9. The van der Waals surface area contributed by atoms with Crippen LogP contribution in [0.3, 0.4) is 0 Å². The van der Waals surface area contributed by atoms with E-state index in [1.807, 2.05) is 61.5 Å². The zero-order valence-electron chi connectivity index (χ0n) is 15.2. The summed E-state index contributed by atoms with van der Waals surface area (Å²) in [6.45, 7) is 2.24. The Kier molecular flexibility index (Phi) is 6.69. The fourth-order valence-electron chi connectivity index (χ4n) is 2.51. The molecule has 0 aromatic heterocycles. The molecule has 28 heavy (non-hydrogen) atoms. The van der Waals surface area contributed by atoms with Gasteiger partial charge in [0.15, 0.2) is 0 Å². The van der Waals surface area contributed by atoms with Crippen molar-refractivity contribution < 1.29 is 9.53 Å². The summed E-state index contributed by atoms with van der Waals surface area (Å²) in [4.78, 5) is 12.2. The molecule has 3 rings (SSSR count). The highest BCUT2D eigenvalue weighted by Crippen LogP contribution is 2.21. The van der Waals surface area contributed by atoms with E-state index in [2.05, 4.69) is 10.5 Å². The molecule has 4 nitrogen and oxygen atoms in total. The van der Waals surface area contributed by atoms with E-state index in [0.717, 1.165) is 16.7 Å². The van der Waals surface area contributed by atoms with Crippen molar-refractivity contribution in [2.45, 2.75) is 13.5 Å². The Morgan fingerprint density at radius 3 is 2.57 bits per heavy atom. The smallest absolute Gasteiger partial charge is 0.272 e. The van der Waals surface area contributed by atoms with E-state index in [1.54, 1.807) is 12.1 Å². The van der Waals surface area contributed by atoms with Gasteiger partial charge in [0.05, 0.1) is 16.8 Å². The second-order valence-electron chi connectivity index (χ2n) is 6.10. The van der Waals surface area contributed by atoms with Gasteiger partial charge in [-0.1, -0.05) is 59.6 Å². The number of benzene rings is 3. The quantitative estimate of drug-likeness (QED) is 0.420. The van der Waals surface area contributed by atoms with Crippen LogP contribution in [0, 0.1) is 6.92 Å². The molecule has 0 spiro atoms. The van der Waals surface area contributed by atoms with Crippen molar-refractivity contribution in [1.82, 2.24) is 5.43 Å². The molecule has 0 bridgehead atoms. The highest BCUT2D eigenvalue weighted by atomic mass is 35.5. The number of ether oxygens (including phenoxy) is 1. The summed E-state index contributed by atoms with van der Waals surface area (Å²) in [6, 6.07) is 20.1. The molecule has 1 amide bonds. The normalized spacial score (nSPS) is 10.8. The summed E-state index contributed by atoms with van der Waals surface area (Å²) in [7, 11) is 0. The second kappa shape index (κ2) is 9.40. The molecular formula is C22H18Cl2N2O2. The highest BCUT2D eigenvalue weighted by molar-refractivity contribution is 6.34. The molecule has 0 aliphatic heterocycles. The van der Waals surface area contributed by atoms with Crippen molar-refractivity contribution in [3.63, 3.8) is 0 Å². The molecule has 3 aromatic rings. The first-order chi connectivity index (χ1) is 13.5. The monoisotopic (exact) mass is 412 g/mol. The SMILES string of the molecule is Cc1ccc(C(=O)N/N=C\c2ccccc2OCc2ccccc2Cl)c(Cl)c1. The number of hydrogen-bond acceptors (Lipinski definition) is 3. The number of rotatable bonds is 6. The number of para-hydroxylation sites is 1. The number of halogens is 2. The maximum absolute atomic E-state index is 12.2. The summed E-state index contributed by atoms with van der Waals surface area (Å²) in [6.07, 6.45) is 1.53. The Labute approximate surface area is 173 Å². The average molecular weight is 413 g/mol. The van der Waals surface area contributed by atoms with Gasteiger partial charge < -0.3 is 4.74 Å². The topological polar surface area (TPSA) is 50.7 Å². The molecule has 6 heteroatoms. The van der Waals surface area contributed by atoms with Crippen molar-refractivity contribution in [1.29, 1.82) is 0 Å². The van der Waals surface area contributed by atoms with Crippen LogP contribution in [0.15, 0.2) is 71.8 Å². The Balaban J connectivity index is 1.67. The van der Waals surface area contributed by atoms with Crippen LogP contribution in [-0.2, 0) is 6.61 Å². The van der Waals surface area contributed by atoms with Crippen LogP contribution in [0.5, 0.6) is 5.75 Å². The van der Waals surface area contributed by atoms with E-state index < -0.39 is 0 Å². The van der Waals surface area contributed by atoms with Gasteiger partial charge in [-0.15, -0.1) is 0 Å². The Hall–Kier alpha value is -2.82. The van der Waals surface area contributed by atoms with Crippen molar-refractivity contribution >= 4 is 35.3 Å². The molecule has 0 saturated carbocycles. The van der Waals surface area contributed by atoms with E-state index in [9.17, 15) is 4.79 Å². The van der Waals surface area contributed by atoms with E-state index >= 15 is 0 Å². The maximum atomic E-state index is 12.2.